The lowest BCUT2D eigenvalue weighted by Gasteiger charge is -2.28. The van der Waals surface area contributed by atoms with Crippen LogP contribution in [0.1, 0.15) is 50.7 Å². The molecular weight excluding hydrogens is 323 g/mol. The van der Waals surface area contributed by atoms with Crippen LogP contribution in [0.15, 0.2) is 24.3 Å². The van der Waals surface area contributed by atoms with E-state index in [0.717, 1.165) is 6.07 Å². The molecule has 1 atom stereocenters. The molecular formula is C17H22F3NO3. The molecule has 0 saturated heterocycles. The van der Waals surface area contributed by atoms with Crippen molar-refractivity contribution in [3.63, 3.8) is 0 Å². The summed E-state index contributed by atoms with van der Waals surface area (Å²) < 4.78 is 39.2. The molecule has 1 N–H and O–H groups in total. The number of halogens is 3. The minimum absolute atomic E-state index is 0.0411. The molecule has 24 heavy (non-hydrogen) atoms. The van der Waals surface area contributed by atoms with Gasteiger partial charge in [-0.1, -0.05) is 25.1 Å². The lowest BCUT2D eigenvalue weighted by Crippen LogP contribution is -2.39. The quantitative estimate of drug-likeness (QED) is 0.815. The molecule has 1 unspecified atom stereocenters. The number of carbonyl (C=O) groups is 2. The molecule has 1 aromatic carbocycles. The second kappa shape index (κ2) is 8.17. The fraction of sp³-hybridized carbons (Fsp3) is 0.529. The third-order valence-corrected chi connectivity index (χ3v) is 3.79. The maximum absolute atomic E-state index is 13.1. The highest BCUT2D eigenvalue weighted by molar-refractivity contribution is 5.78. The maximum Gasteiger partial charge on any atom is 0.416 e. The Morgan fingerprint density at radius 3 is 2.25 bits per heavy atom. The molecule has 1 rings (SSSR count). The molecule has 1 aromatic rings. The first-order valence-electron chi connectivity index (χ1n) is 7.71. The van der Waals surface area contributed by atoms with Crippen LogP contribution in [0.25, 0.3) is 0 Å². The van der Waals surface area contributed by atoms with Gasteiger partial charge in [-0.2, -0.15) is 13.2 Å². The molecule has 4 nitrogen and oxygen atoms in total. The molecule has 134 valence electrons. The fourth-order valence-corrected chi connectivity index (χ4v) is 2.56. The number of hydrogen-bond donors (Lipinski definition) is 1. The zero-order valence-corrected chi connectivity index (χ0v) is 13.9. The van der Waals surface area contributed by atoms with Crippen molar-refractivity contribution in [2.24, 2.45) is 0 Å². The van der Waals surface area contributed by atoms with Gasteiger partial charge in [-0.05, 0) is 31.4 Å². The number of alkyl halides is 3. The number of hydrogen-bond acceptors (Lipinski definition) is 2. The molecule has 0 fully saturated rings. The summed E-state index contributed by atoms with van der Waals surface area (Å²) in [6.07, 6.45) is -4.78. The van der Waals surface area contributed by atoms with Gasteiger partial charge in [0.1, 0.15) is 0 Å². The van der Waals surface area contributed by atoms with E-state index < -0.39 is 23.6 Å². The van der Waals surface area contributed by atoms with Crippen molar-refractivity contribution in [2.75, 3.05) is 6.54 Å². The van der Waals surface area contributed by atoms with Gasteiger partial charge in [0.2, 0.25) is 5.91 Å². The normalized spacial score (nSPS) is 13.0. The summed E-state index contributed by atoms with van der Waals surface area (Å²) in [5.74, 6) is -2.00. The first-order valence-corrected chi connectivity index (χ1v) is 7.71. The number of nitrogens with zero attached hydrogens (tertiary/aromatic N) is 1. The van der Waals surface area contributed by atoms with Crippen LogP contribution in [0, 0.1) is 0 Å². The van der Waals surface area contributed by atoms with Crippen molar-refractivity contribution < 1.29 is 27.9 Å². The predicted octanol–water partition coefficient (Wildman–Crippen LogP) is 3.91. The van der Waals surface area contributed by atoms with E-state index in [1.54, 1.807) is 20.8 Å². The van der Waals surface area contributed by atoms with Crippen LogP contribution in [0.5, 0.6) is 0 Å². The van der Waals surface area contributed by atoms with E-state index >= 15 is 0 Å². The van der Waals surface area contributed by atoms with Crippen molar-refractivity contribution in [1.82, 2.24) is 4.90 Å². The lowest BCUT2D eigenvalue weighted by molar-refractivity contribution is -0.141. The van der Waals surface area contributed by atoms with Crippen LogP contribution in [-0.2, 0) is 15.8 Å². The van der Waals surface area contributed by atoms with Gasteiger partial charge in [0.15, 0.2) is 0 Å². The average Bonchev–Trinajstić information content (AvgIpc) is 2.45. The Morgan fingerprint density at radius 2 is 1.75 bits per heavy atom. The van der Waals surface area contributed by atoms with Crippen LogP contribution >= 0.6 is 0 Å². The zero-order chi connectivity index (χ0) is 18.5. The van der Waals surface area contributed by atoms with E-state index in [2.05, 4.69) is 0 Å². The number of rotatable bonds is 7. The average molecular weight is 345 g/mol. The smallest absolute Gasteiger partial charge is 0.416 e. The molecule has 0 aliphatic heterocycles. The Hall–Kier alpha value is -2.05. The second-order valence-electron chi connectivity index (χ2n) is 6.01. The van der Waals surface area contributed by atoms with E-state index in [4.69, 9.17) is 5.11 Å². The van der Waals surface area contributed by atoms with Crippen molar-refractivity contribution in [3.8, 4) is 0 Å². The molecule has 0 aliphatic rings. The van der Waals surface area contributed by atoms with Crippen molar-refractivity contribution >= 4 is 11.9 Å². The number of amides is 1. The molecule has 0 radical (unpaired) electrons. The second-order valence-corrected chi connectivity index (χ2v) is 6.01. The van der Waals surface area contributed by atoms with Gasteiger partial charge in [-0.3, -0.25) is 9.59 Å². The first kappa shape index (κ1) is 20.0. The summed E-state index contributed by atoms with van der Waals surface area (Å²) in [6, 6.07) is 4.98. The van der Waals surface area contributed by atoms with Crippen LogP contribution in [0.3, 0.4) is 0 Å². The van der Waals surface area contributed by atoms with Crippen LogP contribution in [0.2, 0.25) is 0 Å². The molecule has 1 amide bonds. The number of carboxylic acids is 1. The number of benzene rings is 1. The molecule has 0 aromatic heterocycles. The summed E-state index contributed by atoms with van der Waals surface area (Å²) in [4.78, 5) is 24.5. The van der Waals surface area contributed by atoms with Crippen molar-refractivity contribution in [3.05, 3.63) is 35.4 Å². The Labute approximate surface area is 139 Å². The molecule has 0 bridgehead atoms. The Kier molecular flexibility index (Phi) is 6.81. The monoisotopic (exact) mass is 345 g/mol. The Balaban J connectivity index is 2.91. The molecule has 0 aliphatic carbocycles. The summed E-state index contributed by atoms with van der Waals surface area (Å²) in [7, 11) is 0. The summed E-state index contributed by atoms with van der Waals surface area (Å²) >= 11 is 0. The van der Waals surface area contributed by atoms with Crippen LogP contribution in [-0.4, -0.2) is 34.5 Å². The molecule has 7 heteroatoms. The van der Waals surface area contributed by atoms with Crippen LogP contribution < -0.4 is 0 Å². The topological polar surface area (TPSA) is 57.6 Å². The highest BCUT2D eigenvalue weighted by Crippen LogP contribution is 2.36. The molecule has 0 spiro atoms. The highest BCUT2D eigenvalue weighted by Gasteiger charge is 2.34. The summed E-state index contributed by atoms with van der Waals surface area (Å²) in [5.41, 5.74) is -0.674. The minimum atomic E-state index is -4.48. The van der Waals surface area contributed by atoms with E-state index in [9.17, 15) is 22.8 Å². The standard InChI is InChI=1S/C17H22F3NO3/c1-11(2)21(9-8-16(23)24)15(22)10-12(3)13-6-4-5-7-14(13)17(18,19)20/h4-7,11-12H,8-10H2,1-3H3,(H,23,24). The van der Waals surface area contributed by atoms with Gasteiger partial charge >= 0.3 is 12.1 Å². The Morgan fingerprint density at radius 1 is 1.17 bits per heavy atom. The third kappa shape index (κ3) is 5.54. The number of carbonyl (C=O) groups excluding carboxylic acids is 1. The number of carboxylic acid groups (broad SMARTS) is 1. The van der Waals surface area contributed by atoms with Gasteiger partial charge in [0.25, 0.3) is 0 Å². The van der Waals surface area contributed by atoms with Crippen molar-refractivity contribution in [2.45, 2.75) is 51.7 Å². The first-order chi connectivity index (χ1) is 11.0. The van der Waals surface area contributed by atoms with Gasteiger partial charge in [0, 0.05) is 19.0 Å². The van der Waals surface area contributed by atoms with E-state index in [-0.39, 0.29) is 36.9 Å². The highest BCUT2D eigenvalue weighted by atomic mass is 19.4. The SMILES string of the molecule is CC(CC(=O)N(CCC(=O)O)C(C)C)c1ccccc1C(F)(F)F. The summed E-state index contributed by atoms with van der Waals surface area (Å²) in [5, 5.41) is 8.75. The van der Waals surface area contributed by atoms with Crippen LogP contribution in [0.4, 0.5) is 13.2 Å². The van der Waals surface area contributed by atoms with Crippen molar-refractivity contribution in [1.29, 1.82) is 0 Å². The number of aliphatic carboxylic acids is 1. The minimum Gasteiger partial charge on any atom is -0.481 e. The van der Waals surface area contributed by atoms with E-state index in [1.165, 1.54) is 23.1 Å². The van der Waals surface area contributed by atoms with Gasteiger partial charge < -0.3 is 10.0 Å². The third-order valence-electron chi connectivity index (χ3n) is 3.79. The Bertz CT molecular complexity index is 585. The predicted molar refractivity (Wildman–Crippen MR) is 83.6 cm³/mol. The van der Waals surface area contributed by atoms with Gasteiger partial charge in [0.05, 0.1) is 12.0 Å². The maximum atomic E-state index is 13.1. The molecule has 0 heterocycles. The van der Waals surface area contributed by atoms with Gasteiger partial charge in [-0.25, -0.2) is 0 Å². The lowest BCUT2D eigenvalue weighted by atomic mass is 9.92. The largest absolute Gasteiger partial charge is 0.481 e. The van der Waals surface area contributed by atoms with Gasteiger partial charge in [-0.15, -0.1) is 0 Å². The molecule has 0 saturated carbocycles. The van der Waals surface area contributed by atoms with E-state index in [1.807, 2.05) is 0 Å². The summed E-state index contributed by atoms with van der Waals surface area (Å²) in [6.45, 7) is 5.10. The van der Waals surface area contributed by atoms with E-state index in [0.29, 0.717) is 0 Å². The zero-order valence-electron chi connectivity index (χ0n) is 13.9. The fourth-order valence-electron chi connectivity index (χ4n) is 2.56.